The van der Waals surface area contributed by atoms with Gasteiger partial charge in [-0.3, -0.25) is 9.59 Å². The molecule has 2 aromatic rings. The SMILES string of the molecule is CN(Cc1ccc(N2CCOCC2)cc1)C(=O)Cc1ccc(N2CCCC2=O)cc1. The number of carbonyl (C=O) groups is 2. The maximum Gasteiger partial charge on any atom is 0.227 e. The van der Waals surface area contributed by atoms with Gasteiger partial charge in [0.05, 0.1) is 19.6 Å². The van der Waals surface area contributed by atoms with Crippen molar-refractivity contribution in [1.29, 1.82) is 0 Å². The second kappa shape index (κ2) is 9.30. The highest BCUT2D eigenvalue weighted by Crippen LogP contribution is 2.22. The second-order valence-corrected chi connectivity index (χ2v) is 8.01. The minimum atomic E-state index is 0.0808. The van der Waals surface area contributed by atoms with E-state index >= 15 is 0 Å². The number of anilines is 2. The molecule has 0 aliphatic carbocycles. The van der Waals surface area contributed by atoms with Crippen molar-refractivity contribution in [1.82, 2.24) is 4.90 Å². The molecule has 158 valence electrons. The first-order chi connectivity index (χ1) is 14.6. The zero-order valence-electron chi connectivity index (χ0n) is 17.5. The lowest BCUT2D eigenvalue weighted by Gasteiger charge is -2.29. The van der Waals surface area contributed by atoms with Crippen LogP contribution in [0.5, 0.6) is 0 Å². The molecular weight excluding hydrogens is 378 g/mol. The van der Waals surface area contributed by atoms with Crippen LogP contribution in [0.15, 0.2) is 48.5 Å². The molecule has 2 aromatic carbocycles. The molecule has 0 unspecified atom stereocenters. The molecule has 2 aliphatic heterocycles. The van der Waals surface area contributed by atoms with E-state index in [2.05, 4.69) is 29.2 Å². The second-order valence-electron chi connectivity index (χ2n) is 8.01. The number of ether oxygens (including phenoxy) is 1. The fourth-order valence-electron chi connectivity index (χ4n) is 4.02. The molecule has 0 atom stereocenters. The standard InChI is InChI=1S/C24H29N3O3/c1-25(18-20-6-8-21(9-7-20)26-13-15-30-16-14-26)24(29)17-19-4-10-22(11-5-19)27-12-2-3-23(27)28/h4-11H,2-3,12-18H2,1H3. The van der Waals surface area contributed by atoms with E-state index in [1.54, 1.807) is 4.90 Å². The van der Waals surface area contributed by atoms with Crippen LogP contribution >= 0.6 is 0 Å². The zero-order chi connectivity index (χ0) is 20.9. The average Bonchev–Trinajstić information content (AvgIpc) is 3.21. The first-order valence-electron chi connectivity index (χ1n) is 10.6. The molecule has 30 heavy (non-hydrogen) atoms. The molecular formula is C24H29N3O3. The van der Waals surface area contributed by atoms with Gasteiger partial charge in [0.15, 0.2) is 0 Å². The number of hydrogen-bond donors (Lipinski definition) is 0. The molecule has 0 bridgehead atoms. The quantitative estimate of drug-likeness (QED) is 0.739. The lowest BCUT2D eigenvalue weighted by Crippen LogP contribution is -2.36. The van der Waals surface area contributed by atoms with Crippen molar-refractivity contribution in [2.75, 3.05) is 49.7 Å². The molecule has 2 aliphatic rings. The maximum atomic E-state index is 12.7. The van der Waals surface area contributed by atoms with Crippen LogP contribution in [0.4, 0.5) is 11.4 Å². The van der Waals surface area contributed by atoms with Gasteiger partial charge in [0.2, 0.25) is 11.8 Å². The van der Waals surface area contributed by atoms with E-state index in [-0.39, 0.29) is 11.8 Å². The summed E-state index contributed by atoms with van der Waals surface area (Å²) in [5, 5.41) is 0. The van der Waals surface area contributed by atoms with Gasteiger partial charge in [0.1, 0.15) is 0 Å². The van der Waals surface area contributed by atoms with Crippen molar-refractivity contribution in [3.05, 3.63) is 59.7 Å². The van der Waals surface area contributed by atoms with Crippen LogP contribution in [0.25, 0.3) is 0 Å². The van der Waals surface area contributed by atoms with Crippen LogP contribution in [-0.4, -0.2) is 56.6 Å². The Morgan fingerprint density at radius 2 is 1.57 bits per heavy atom. The number of hydrogen-bond acceptors (Lipinski definition) is 4. The first kappa shape index (κ1) is 20.4. The van der Waals surface area contributed by atoms with E-state index in [4.69, 9.17) is 4.74 Å². The number of rotatable bonds is 6. The normalized spacial score (nSPS) is 16.8. The van der Waals surface area contributed by atoms with Crippen LogP contribution in [0.2, 0.25) is 0 Å². The topological polar surface area (TPSA) is 53.1 Å². The monoisotopic (exact) mass is 407 g/mol. The third-order valence-electron chi connectivity index (χ3n) is 5.83. The molecule has 0 saturated carbocycles. The Hall–Kier alpha value is -2.86. The predicted octanol–water partition coefficient (Wildman–Crippen LogP) is 2.85. The summed E-state index contributed by atoms with van der Waals surface area (Å²) in [6.07, 6.45) is 1.90. The summed E-state index contributed by atoms with van der Waals surface area (Å²) in [5.41, 5.74) is 4.20. The molecule has 2 fully saturated rings. The number of benzene rings is 2. The molecule has 0 radical (unpaired) electrons. The number of amides is 2. The number of carbonyl (C=O) groups excluding carboxylic acids is 2. The van der Waals surface area contributed by atoms with Gasteiger partial charge in [-0.15, -0.1) is 0 Å². The summed E-state index contributed by atoms with van der Waals surface area (Å²) < 4.78 is 5.41. The van der Waals surface area contributed by atoms with E-state index in [0.29, 0.717) is 19.4 Å². The van der Waals surface area contributed by atoms with Gasteiger partial charge in [-0.05, 0) is 41.8 Å². The Morgan fingerprint density at radius 3 is 2.20 bits per heavy atom. The highest BCUT2D eigenvalue weighted by atomic mass is 16.5. The molecule has 0 N–H and O–H groups in total. The highest BCUT2D eigenvalue weighted by Gasteiger charge is 2.21. The Balaban J connectivity index is 1.30. The van der Waals surface area contributed by atoms with Crippen molar-refractivity contribution in [3.63, 3.8) is 0 Å². The van der Waals surface area contributed by atoms with Gasteiger partial charge in [-0.1, -0.05) is 24.3 Å². The van der Waals surface area contributed by atoms with Crippen molar-refractivity contribution in [2.45, 2.75) is 25.8 Å². The molecule has 2 amide bonds. The number of likely N-dealkylation sites (N-methyl/N-ethyl adjacent to an activating group) is 1. The summed E-state index contributed by atoms with van der Waals surface area (Å²) in [5.74, 6) is 0.260. The Kier molecular flexibility index (Phi) is 6.33. The van der Waals surface area contributed by atoms with Crippen molar-refractivity contribution in [2.24, 2.45) is 0 Å². The Bertz CT molecular complexity index is 874. The fraction of sp³-hybridized carbons (Fsp3) is 0.417. The molecule has 4 rings (SSSR count). The predicted molar refractivity (Wildman–Crippen MR) is 118 cm³/mol. The van der Waals surface area contributed by atoms with E-state index < -0.39 is 0 Å². The summed E-state index contributed by atoms with van der Waals surface area (Å²) >= 11 is 0. The fourth-order valence-corrected chi connectivity index (χ4v) is 4.02. The minimum Gasteiger partial charge on any atom is -0.378 e. The van der Waals surface area contributed by atoms with Crippen LogP contribution in [0.1, 0.15) is 24.0 Å². The average molecular weight is 408 g/mol. The van der Waals surface area contributed by atoms with Crippen molar-refractivity contribution < 1.29 is 14.3 Å². The van der Waals surface area contributed by atoms with Crippen LogP contribution in [0, 0.1) is 0 Å². The van der Waals surface area contributed by atoms with E-state index in [1.165, 1.54) is 5.69 Å². The molecule has 6 nitrogen and oxygen atoms in total. The minimum absolute atomic E-state index is 0.0808. The van der Waals surface area contributed by atoms with E-state index in [0.717, 1.165) is 56.1 Å². The largest absolute Gasteiger partial charge is 0.378 e. The summed E-state index contributed by atoms with van der Waals surface area (Å²) in [4.78, 5) is 30.4. The van der Waals surface area contributed by atoms with Gasteiger partial charge in [0, 0.05) is 51.0 Å². The lowest BCUT2D eigenvalue weighted by atomic mass is 10.1. The zero-order valence-corrected chi connectivity index (χ0v) is 17.5. The summed E-state index contributed by atoms with van der Waals surface area (Å²) in [7, 11) is 1.84. The van der Waals surface area contributed by atoms with Crippen LogP contribution < -0.4 is 9.80 Å². The summed E-state index contributed by atoms with van der Waals surface area (Å²) in [6.45, 7) is 4.75. The number of nitrogens with zero attached hydrogens (tertiary/aromatic N) is 3. The van der Waals surface area contributed by atoms with Crippen LogP contribution in [-0.2, 0) is 27.3 Å². The van der Waals surface area contributed by atoms with E-state index in [1.807, 2.05) is 36.2 Å². The third kappa shape index (κ3) is 4.82. The Labute approximate surface area is 178 Å². The first-order valence-corrected chi connectivity index (χ1v) is 10.6. The molecule has 2 saturated heterocycles. The van der Waals surface area contributed by atoms with Gasteiger partial charge in [-0.2, -0.15) is 0 Å². The maximum absolute atomic E-state index is 12.7. The molecule has 0 spiro atoms. The van der Waals surface area contributed by atoms with Crippen molar-refractivity contribution >= 4 is 23.2 Å². The summed E-state index contributed by atoms with van der Waals surface area (Å²) in [6, 6.07) is 16.2. The lowest BCUT2D eigenvalue weighted by molar-refractivity contribution is -0.129. The van der Waals surface area contributed by atoms with Gasteiger partial charge in [0.25, 0.3) is 0 Å². The molecule has 2 heterocycles. The molecule has 6 heteroatoms. The Morgan fingerprint density at radius 1 is 0.933 bits per heavy atom. The smallest absolute Gasteiger partial charge is 0.227 e. The third-order valence-corrected chi connectivity index (χ3v) is 5.83. The number of morpholine rings is 1. The van der Waals surface area contributed by atoms with Gasteiger partial charge in [-0.25, -0.2) is 0 Å². The molecule has 0 aromatic heterocycles. The highest BCUT2D eigenvalue weighted by molar-refractivity contribution is 5.95. The van der Waals surface area contributed by atoms with Crippen molar-refractivity contribution in [3.8, 4) is 0 Å². The van der Waals surface area contributed by atoms with E-state index in [9.17, 15) is 9.59 Å². The van der Waals surface area contributed by atoms with Gasteiger partial charge >= 0.3 is 0 Å². The van der Waals surface area contributed by atoms with Crippen LogP contribution in [0.3, 0.4) is 0 Å². The van der Waals surface area contributed by atoms with Gasteiger partial charge < -0.3 is 19.4 Å².